The van der Waals surface area contributed by atoms with Crippen LogP contribution in [0.25, 0.3) is 0 Å². The molecule has 1 aliphatic heterocycles. The lowest BCUT2D eigenvalue weighted by Crippen LogP contribution is -2.35. The summed E-state index contributed by atoms with van der Waals surface area (Å²) >= 11 is 0. The van der Waals surface area contributed by atoms with Gasteiger partial charge in [0.1, 0.15) is 9.84 Å². The Morgan fingerprint density at radius 2 is 2.20 bits per heavy atom. The second-order valence-corrected chi connectivity index (χ2v) is 6.47. The molecule has 0 bridgehead atoms. The Morgan fingerprint density at radius 3 is 2.60 bits per heavy atom. The molecule has 5 nitrogen and oxygen atoms in total. The molecule has 0 aromatic carbocycles. The topological polar surface area (TPSA) is 83.5 Å². The third-order valence-corrected chi connectivity index (χ3v) is 4.73. The van der Waals surface area contributed by atoms with Crippen LogP contribution in [0.5, 0.6) is 0 Å². The van der Waals surface area contributed by atoms with Gasteiger partial charge in [0.2, 0.25) is 0 Å². The molecule has 1 aliphatic rings. The second-order valence-electron chi connectivity index (χ2n) is 4.00. The second kappa shape index (κ2) is 4.49. The third-order valence-electron chi connectivity index (χ3n) is 3.03. The summed E-state index contributed by atoms with van der Waals surface area (Å²) in [6.07, 6.45) is 0.729. The van der Waals surface area contributed by atoms with E-state index in [0.717, 1.165) is 0 Å². The summed E-state index contributed by atoms with van der Waals surface area (Å²) in [5.41, 5.74) is -0.873. The largest absolute Gasteiger partial charge is 0.481 e. The van der Waals surface area contributed by atoms with Crippen LogP contribution in [0.3, 0.4) is 0 Å². The van der Waals surface area contributed by atoms with Gasteiger partial charge in [0.05, 0.1) is 11.2 Å². The highest BCUT2D eigenvalue weighted by Gasteiger charge is 2.41. The van der Waals surface area contributed by atoms with E-state index in [2.05, 4.69) is 5.32 Å². The molecule has 88 valence electrons. The van der Waals surface area contributed by atoms with Crippen molar-refractivity contribution in [2.45, 2.75) is 19.8 Å². The Labute approximate surface area is 89.8 Å². The highest BCUT2D eigenvalue weighted by Crippen LogP contribution is 2.30. The molecular weight excluding hydrogens is 218 g/mol. The number of sulfone groups is 1. The van der Waals surface area contributed by atoms with Gasteiger partial charge in [0.15, 0.2) is 0 Å². The minimum Gasteiger partial charge on any atom is -0.481 e. The summed E-state index contributed by atoms with van der Waals surface area (Å²) in [6.45, 7) is 2.61. The lowest BCUT2D eigenvalue weighted by atomic mass is 9.84. The molecule has 2 N–H and O–H groups in total. The molecule has 1 rings (SSSR count). The molecule has 15 heavy (non-hydrogen) atoms. The summed E-state index contributed by atoms with van der Waals surface area (Å²) in [6, 6.07) is 0. The average molecular weight is 235 g/mol. The Balaban J connectivity index is 2.65. The quantitative estimate of drug-likeness (QED) is 0.694. The molecule has 1 heterocycles. The first-order chi connectivity index (χ1) is 6.92. The van der Waals surface area contributed by atoms with Crippen molar-refractivity contribution in [3.8, 4) is 0 Å². The van der Waals surface area contributed by atoms with E-state index in [1.165, 1.54) is 0 Å². The minimum absolute atomic E-state index is 0.0303. The van der Waals surface area contributed by atoms with E-state index in [9.17, 15) is 13.2 Å². The molecule has 0 radical (unpaired) electrons. The molecule has 0 spiro atoms. The zero-order valence-corrected chi connectivity index (χ0v) is 9.64. The van der Waals surface area contributed by atoms with Crippen molar-refractivity contribution in [3.05, 3.63) is 0 Å². The average Bonchev–Trinajstić information content (AvgIpc) is 2.65. The van der Waals surface area contributed by atoms with Crippen LogP contribution in [0, 0.1) is 5.41 Å². The number of rotatable bonds is 5. The van der Waals surface area contributed by atoms with Gasteiger partial charge in [-0.1, -0.05) is 6.92 Å². The summed E-state index contributed by atoms with van der Waals surface area (Å²) in [5.74, 6) is -0.841. The van der Waals surface area contributed by atoms with Crippen molar-refractivity contribution in [2.75, 3.05) is 24.6 Å². The van der Waals surface area contributed by atoms with Crippen molar-refractivity contribution >= 4 is 15.8 Å². The summed E-state index contributed by atoms with van der Waals surface area (Å²) in [4.78, 5) is 11.1. The highest BCUT2D eigenvalue weighted by atomic mass is 32.2. The zero-order chi connectivity index (χ0) is 11.5. The normalized spacial score (nSPS) is 26.7. The van der Waals surface area contributed by atoms with Crippen LogP contribution in [-0.4, -0.2) is 44.1 Å². The van der Waals surface area contributed by atoms with Crippen molar-refractivity contribution in [1.29, 1.82) is 0 Å². The van der Waals surface area contributed by atoms with E-state index in [1.807, 2.05) is 0 Å². The van der Waals surface area contributed by atoms with E-state index >= 15 is 0 Å². The molecule has 0 aromatic heterocycles. The van der Waals surface area contributed by atoms with Gasteiger partial charge in [0.25, 0.3) is 0 Å². The molecule has 0 aliphatic carbocycles. The van der Waals surface area contributed by atoms with E-state index in [-0.39, 0.29) is 17.9 Å². The number of hydrogen-bond donors (Lipinski definition) is 2. The third kappa shape index (κ3) is 2.92. The first-order valence-electron chi connectivity index (χ1n) is 5.06. The molecule has 0 aromatic rings. The van der Waals surface area contributed by atoms with Crippen LogP contribution in [0.2, 0.25) is 0 Å². The Bertz CT molecular complexity index is 330. The number of carboxylic acid groups (broad SMARTS) is 1. The number of aliphatic carboxylic acids is 1. The highest BCUT2D eigenvalue weighted by molar-refractivity contribution is 7.91. The van der Waals surface area contributed by atoms with Crippen LogP contribution in [-0.2, 0) is 14.6 Å². The minimum atomic E-state index is -3.07. The molecule has 6 heteroatoms. The summed E-state index contributed by atoms with van der Waals surface area (Å²) in [7, 11) is -3.07. The van der Waals surface area contributed by atoms with Crippen LogP contribution in [0.15, 0.2) is 0 Å². The van der Waals surface area contributed by atoms with Crippen molar-refractivity contribution < 1.29 is 18.3 Å². The van der Waals surface area contributed by atoms with E-state index < -0.39 is 21.2 Å². The summed E-state index contributed by atoms with van der Waals surface area (Å²) < 4.78 is 22.6. The predicted molar refractivity (Wildman–Crippen MR) is 56.5 cm³/mol. The first kappa shape index (κ1) is 12.4. The maximum Gasteiger partial charge on any atom is 0.311 e. The van der Waals surface area contributed by atoms with Crippen LogP contribution in [0.4, 0.5) is 0 Å². The predicted octanol–water partition coefficient (Wildman–Crippen LogP) is -0.124. The molecule has 1 saturated heterocycles. The molecule has 1 atom stereocenters. The van der Waals surface area contributed by atoms with Crippen molar-refractivity contribution in [3.63, 3.8) is 0 Å². The van der Waals surface area contributed by atoms with Gasteiger partial charge in [-0.25, -0.2) is 8.42 Å². The van der Waals surface area contributed by atoms with Gasteiger partial charge < -0.3 is 10.4 Å². The Kier molecular flexibility index (Phi) is 3.72. The SMILES string of the molecule is CCS(=O)(=O)CCC1(C(=O)O)CCNC1. The van der Waals surface area contributed by atoms with E-state index in [1.54, 1.807) is 6.92 Å². The fraction of sp³-hybridized carbons (Fsp3) is 0.889. The van der Waals surface area contributed by atoms with Crippen LogP contribution in [0.1, 0.15) is 19.8 Å². The zero-order valence-electron chi connectivity index (χ0n) is 8.82. The number of carboxylic acids is 1. The van der Waals surface area contributed by atoms with Gasteiger partial charge in [-0.15, -0.1) is 0 Å². The lowest BCUT2D eigenvalue weighted by Gasteiger charge is -2.22. The molecular formula is C9H17NO4S. The molecule has 0 amide bonds. The van der Waals surface area contributed by atoms with Gasteiger partial charge in [-0.3, -0.25) is 4.79 Å². The fourth-order valence-electron chi connectivity index (χ4n) is 1.74. The number of carbonyl (C=O) groups is 1. The lowest BCUT2D eigenvalue weighted by molar-refractivity contribution is -0.147. The van der Waals surface area contributed by atoms with Gasteiger partial charge in [0, 0.05) is 12.3 Å². The van der Waals surface area contributed by atoms with Crippen LogP contribution >= 0.6 is 0 Å². The summed E-state index contributed by atoms with van der Waals surface area (Å²) in [5, 5.41) is 12.1. The monoisotopic (exact) mass is 235 g/mol. The van der Waals surface area contributed by atoms with Crippen molar-refractivity contribution in [1.82, 2.24) is 5.32 Å². The Morgan fingerprint density at radius 1 is 1.53 bits per heavy atom. The molecule has 0 saturated carbocycles. The van der Waals surface area contributed by atoms with Gasteiger partial charge in [-0.05, 0) is 19.4 Å². The number of nitrogens with one attached hydrogen (secondary N) is 1. The number of hydrogen-bond acceptors (Lipinski definition) is 4. The molecule has 1 unspecified atom stereocenters. The fourth-order valence-corrected chi connectivity index (χ4v) is 2.73. The smallest absolute Gasteiger partial charge is 0.311 e. The van der Waals surface area contributed by atoms with E-state index in [0.29, 0.717) is 19.5 Å². The maximum absolute atomic E-state index is 11.3. The first-order valence-corrected chi connectivity index (χ1v) is 6.88. The Hall–Kier alpha value is -0.620. The standard InChI is InChI=1S/C9H17NO4S/c1-2-15(13,14)6-4-9(8(11)12)3-5-10-7-9/h10H,2-7H2,1H3,(H,11,12). The van der Waals surface area contributed by atoms with Crippen LogP contribution < -0.4 is 5.32 Å². The van der Waals surface area contributed by atoms with Crippen molar-refractivity contribution in [2.24, 2.45) is 5.41 Å². The van der Waals surface area contributed by atoms with Gasteiger partial charge >= 0.3 is 5.97 Å². The van der Waals surface area contributed by atoms with E-state index in [4.69, 9.17) is 5.11 Å². The molecule has 1 fully saturated rings. The van der Waals surface area contributed by atoms with Gasteiger partial charge in [-0.2, -0.15) is 0 Å². The maximum atomic E-state index is 11.3.